The van der Waals surface area contributed by atoms with Crippen LogP contribution in [0.3, 0.4) is 0 Å². The van der Waals surface area contributed by atoms with E-state index in [4.69, 9.17) is 4.18 Å². The Morgan fingerprint density at radius 2 is 1.57 bits per heavy atom. The average molecular weight is 334 g/mol. The van der Waals surface area contributed by atoms with Crippen molar-refractivity contribution in [2.24, 2.45) is 0 Å². The molecule has 8 heteroatoms. The lowest BCUT2D eigenvalue weighted by Crippen LogP contribution is -2.10. The summed E-state index contributed by atoms with van der Waals surface area (Å²) in [5.41, 5.74) is 1.49. The maximum absolute atomic E-state index is 11.0. The van der Waals surface area contributed by atoms with Gasteiger partial charge in [-0.1, -0.05) is 36.4 Å². The molecule has 0 amide bonds. The first kappa shape index (κ1) is 17.8. The molecule has 6 nitrogen and oxygen atoms in total. The van der Waals surface area contributed by atoms with Crippen LogP contribution in [0.2, 0.25) is 0 Å². The number of benzene rings is 1. The van der Waals surface area contributed by atoms with Gasteiger partial charge in [0.2, 0.25) is 0 Å². The van der Waals surface area contributed by atoms with E-state index in [0.717, 1.165) is 18.1 Å². The zero-order valence-corrected chi connectivity index (χ0v) is 13.5. The van der Waals surface area contributed by atoms with Crippen LogP contribution in [0.4, 0.5) is 0 Å². The number of hydrogen-bond donors (Lipinski definition) is 0. The largest absolute Gasteiger partial charge is 0.270 e. The molecular weight excluding hydrogens is 316 g/mol. The second kappa shape index (κ2) is 7.69. The minimum Gasteiger partial charge on any atom is -0.270 e. The lowest BCUT2D eigenvalue weighted by molar-refractivity contribution is 0.308. The molecule has 0 heterocycles. The van der Waals surface area contributed by atoms with Crippen molar-refractivity contribution in [1.29, 1.82) is 0 Å². The minimum absolute atomic E-state index is 0.0649. The number of rotatable bonds is 8. The third kappa shape index (κ3) is 9.35. The van der Waals surface area contributed by atoms with Gasteiger partial charge < -0.3 is 0 Å². The lowest BCUT2D eigenvalue weighted by atomic mass is 10.1. The third-order valence-electron chi connectivity index (χ3n) is 2.35. The quantitative estimate of drug-likeness (QED) is 0.668. The summed E-state index contributed by atoms with van der Waals surface area (Å²) < 4.78 is 53.3. The summed E-state index contributed by atoms with van der Waals surface area (Å²) in [5, 5.41) is 0. The molecule has 0 atom stereocenters. The van der Waals surface area contributed by atoms with Crippen molar-refractivity contribution in [2.45, 2.75) is 6.42 Å². The summed E-state index contributed by atoms with van der Waals surface area (Å²) in [4.78, 5) is 0. The summed E-state index contributed by atoms with van der Waals surface area (Å²) in [7, 11) is -7.09. The van der Waals surface area contributed by atoms with Crippen molar-refractivity contribution in [3.63, 3.8) is 0 Å². The molecule has 0 aliphatic carbocycles. The third-order valence-corrected chi connectivity index (χ3v) is 3.49. The van der Waals surface area contributed by atoms with Gasteiger partial charge in [-0.15, -0.1) is 0 Å². The Hall–Kier alpha value is -1.22. The molecule has 0 saturated carbocycles. The zero-order valence-electron chi connectivity index (χ0n) is 11.9. The highest BCUT2D eigenvalue weighted by Gasteiger charge is 2.08. The fraction of sp³-hybridized carbons (Fsp3) is 0.385. The summed E-state index contributed by atoms with van der Waals surface area (Å²) in [6.07, 6.45) is 3.91. The normalized spacial score (nSPS) is 13.3. The second-order valence-corrected chi connectivity index (χ2v) is 7.74. The van der Waals surface area contributed by atoms with E-state index >= 15 is 0 Å². The van der Waals surface area contributed by atoms with Crippen LogP contribution in [0.25, 0.3) is 6.08 Å². The van der Waals surface area contributed by atoms with E-state index in [1.165, 1.54) is 0 Å². The summed E-state index contributed by atoms with van der Waals surface area (Å²) in [6.45, 7) is -0.203. The predicted molar refractivity (Wildman–Crippen MR) is 80.6 cm³/mol. The molecule has 1 aromatic rings. The minimum atomic E-state index is -3.56. The van der Waals surface area contributed by atoms with Gasteiger partial charge >= 0.3 is 0 Å². The van der Waals surface area contributed by atoms with Gasteiger partial charge in [-0.05, 0) is 17.6 Å². The highest BCUT2D eigenvalue weighted by atomic mass is 32.2. The predicted octanol–water partition coefficient (Wildman–Crippen LogP) is 1.41. The van der Waals surface area contributed by atoms with Crippen molar-refractivity contribution in [2.75, 3.05) is 25.7 Å². The van der Waals surface area contributed by atoms with Gasteiger partial charge in [0.1, 0.15) is 0 Å². The molecule has 21 heavy (non-hydrogen) atoms. The van der Waals surface area contributed by atoms with Gasteiger partial charge in [0.15, 0.2) is 0 Å². The average Bonchev–Trinajstić information content (AvgIpc) is 2.34. The Labute approximate surface area is 125 Å². The first-order valence-electron chi connectivity index (χ1n) is 6.09. The van der Waals surface area contributed by atoms with E-state index in [1.54, 1.807) is 6.08 Å². The fourth-order valence-electron chi connectivity index (χ4n) is 1.48. The van der Waals surface area contributed by atoms with Crippen LogP contribution >= 0.6 is 0 Å². The highest BCUT2D eigenvalue weighted by Crippen LogP contribution is 2.12. The molecule has 0 aliphatic rings. The molecule has 0 N–H and O–H groups in total. The molecule has 0 saturated heterocycles. The SMILES string of the molecule is CS(=O)(=O)OCC/C(=C\c1ccccc1)COS(C)(=O)=O. The van der Waals surface area contributed by atoms with Crippen LogP contribution in [0.15, 0.2) is 35.9 Å². The first-order valence-corrected chi connectivity index (χ1v) is 9.72. The van der Waals surface area contributed by atoms with E-state index in [1.807, 2.05) is 30.3 Å². The Bertz CT molecular complexity index is 675. The van der Waals surface area contributed by atoms with Crippen molar-refractivity contribution in [3.05, 3.63) is 41.5 Å². The van der Waals surface area contributed by atoms with Crippen molar-refractivity contribution in [1.82, 2.24) is 0 Å². The van der Waals surface area contributed by atoms with E-state index in [2.05, 4.69) is 4.18 Å². The van der Waals surface area contributed by atoms with Crippen molar-refractivity contribution < 1.29 is 25.2 Å². The topological polar surface area (TPSA) is 86.7 Å². The van der Waals surface area contributed by atoms with E-state index in [0.29, 0.717) is 5.57 Å². The molecular formula is C13H18O6S2. The van der Waals surface area contributed by atoms with Gasteiger partial charge in [-0.2, -0.15) is 16.8 Å². The van der Waals surface area contributed by atoms with Crippen molar-refractivity contribution in [3.8, 4) is 0 Å². The maximum atomic E-state index is 11.0. The van der Waals surface area contributed by atoms with Gasteiger partial charge in [-0.25, -0.2) is 0 Å². The van der Waals surface area contributed by atoms with Crippen LogP contribution < -0.4 is 0 Å². The molecule has 118 valence electrons. The van der Waals surface area contributed by atoms with Crippen LogP contribution in [-0.4, -0.2) is 42.6 Å². The van der Waals surface area contributed by atoms with E-state index < -0.39 is 20.2 Å². The summed E-state index contributed by atoms with van der Waals surface area (Å²) >= 11 is 0. The Morgan fingerprint density at radius 1 is 1.00 bits per heavy atom. The van der Waals surface area contributed by atoms with Gasteiger partial charge in [0, 0.05) is 0 Å². The van der Waals surface area contributed by atoms with Crippen LogP contribution in [0.1, 0.15) is 12.0 Å². The number of hydrogen-bond acceptors (Lipinski definition) is 6. The molecule has 0 aliphatic heterocycles. The Morgan fingerprint density at radius 3 is 2.10 bits per heavy atom. The van der Waals surface area contributed by atoms with Crippen molar-refractivity contribution >= 4 is 26.3 Å². The van der Waals surface area contributed by atoms with E-state index in [9.17, 15) is 16.8 Å². The molecule has 0 radical (unpaired) electrons. The summed E-state index contributed by atoms with van der Waals surface area (Å²) in [6, 6.07) is 9.23. The van der Waals surface area contributed by atoms with Crippen LogP contribution in [-0.2, 0) is 28.6 Å². The zero-order chi connectivity index (χ0) is 15.9. The molecule has 0 unspecified atom stereocenters. The Balaban J connectivity index is 2.77. The smallest absolute Gasteiger partial charge is 0.264 e. The van der Waals surface area contributed by atoms with Gasteiger partial charge in [0.05, 0.1) is 25.7 Å². The van der Waals surface area contributed by atoms with Gasteiger partial charge in [0.25, 0.3) is 20.2 Å². The summed E-state index contributed by atoms with van der Waals surface area (Å²) in [5.74, 6) is 0. The van der Waals surface area contributed by atoms with E-state index in [-0.39, 0.29) is 19.6 Å². The standard InChI is InChI=1S/C13H18O6S2/c1-20(14,15)18-9-8-13(11-19-21(2,16)17)10-12-6-4-3-5-7-12/h3-7,10H,8-9,11H2,1-2H3/b13-10+. The first-order chi connectivity index (χ1) is 9.66. The van der Waals surface area contributed by atoms with Crippen LogP contribution in [0, 0.1) is 0 Å². The molecule has 0 fully saturated rings. The van der Waals surface area contributed by atoms with Crippen LogP contribution in [0.5, 0.6) is 0 Å². The highest BCUT2D eigenvalue weighted by molar-refractivity contribution is 7.86. The maximum Gasteiger partial charge on any atom is 0.264 e. The Kier molecular flexibility index (Phi) is 6.53. The molecule has 1 rings (SSSR count). The lowest BCUT2D eigenvalue weighted by Gasteiger charge is -2.08. The molecule has 0 aromatic heterocycles. The molecule has 0 spiro atoms. The molecule has 0 bridgehead atoms. The second-order valence-electron chi connectivity index (χ2n) is 4.46. The van der Waals surface area contributed by atoms with Gasteiger partial charge in [-0.3, -0.25) is 8.37 Å². The fourth-order valence-corrected chi connectivity index (χ4v) is 2.23. The monoisotopic (exact) mass is 334 g/mol. The molecule has 1 aromatic carbocycles.